The summed E-state index contributed by atoms with van der Waals surface area (Å²) in [5, 5.41) is 14.0. The third kappa shape index (κ3) is 4.96. The van der Waals surface area contributed by atoms with E-state index in [1.807, 2.05) is 0 Å². The molecule has 21 heavy (non-hydrogen) atoms. The van der Waals surface area contributed by atoms with E-state index in [9.17, 15) is 8.42 Å². The molecule has 0 radical (unpaired) electrons. The third-order valence-corrected chi connectivity index (χ3v) is 4.67. The quantitative estimate of drug-likeness (QED) is 0.761. The van der Waals surface area contributed by atoms with Gasteiger partial charge in [0.25, 0.3) is 0 Å². The van der Waals surface area contributed by atoms with Crippen molar-refractivity contribution in [1.29, 1.82) is 0 Å². The molecule has 1 aromatic carbocycles. The van der Waals surface area contributed by atoms with Gasteiger partial charge in [-0.05, 0) is 49.6 Å². The van der Waals surface area contributed by atoms with Crippen LogP contribution < -0.4 is 9.88 Å². The maximum absolute atomic E-state index is 11.1. The molecule has 0 aliphatic carbocycles. The molecule has 3 N–H and O–H groups in total. The predicted octanol–water partition coefficient (Wildman–Crippen LogP) is 0.417. The Balaban J connectivity index is 1.74. The number of nitrogens with two attached hydrogens (primary N) is 1. The predicted molar refractivity (Wildman–Crippen MR) is 79.6 cm³/mol. The molecular formula is C14H22N2O4S. The van der Waals surface area contributed by atoms with Crippen LogP contribution in [0.3, 0.4) is 0 Å². The van der Waals surface area contributed by atoms with Crippen LogP contribution in [0.25, 0.3) is 0 Å². The molecule has 6 nitrogen and oxygen atoms in total. The SMILES string of the molecule is NS(=O)(=O)c1ccc(OCCN2CCC(CCO)C2)cc1. The van der Waals surface area contributed by atoms with Crippen molar-refractivity contribution >= 4 is 10.0 Å². The zero-order valence-corrected chi connectivity index (χ0v) is 12.8. The van der Waals surface area contributed by atoms with Crippen LogP contribution in [0, 0.1) is 5.92 Å². The summed E-state index contributed by atoms with van der Waals surface area (Å²) in [5.74, 6) is 1.22. The normalized spacial score (nSPS) is 19.8. The Labute approximate surface area is 125 Å². The monoisotopic (exact) mass is 314 g/mol. The van der Waals surface area contributed by atoms with Crippen molar-refractivity contribution in [3.05, 3.63) is 24.3 Å². The van der Waals surface area contributed by atoms with Crippen LogP contribution in [0.15, 0.2) is 29.2 Å². The van der Waals surface area contributed by atoms with E-state index >= 15 is 0 Å². The molecule has 1 heterocycles. The maximum Gasteiger partial charge on any atom is 0.238 e. The van der Waals surface area contributed by atoms with E-state index in [4.69, 9.17) is 15.0 Å². The average molecular weight is 314 g/mol. The molecule has 0 aromatic heterocycles. The van der Waals surface area contributed by atoms with Gasteiger partial charge in [-0.3, -0.25) is 4.90 Å². The van der Waals surface area contributed by atoms with Gasteiger partial charge >= 0.3 is 0 Å². The standard InChI is InChI=1S/C14H22N2O4S/c15-21(18,19)14-3-1-13(2-4-14)20-10-8-16-7-5-12(11-16)6-9-17/h1-4,12,17H,5-11H2,(H2,15,18,19). The molecule has 1 aliphatic heterocycles. The maximum atomic E-state index is 11.1. The minimum atomic E-state index is -3.65. The van der Waals surface area contributed by atoms with Crippen molar-refractivity contribution in [2.45, 2.75) is 17.7 Å². The van der Waals surface area contributed by atoms with Gasteiger partial charge in [0.15, 0.2) is 0 Å². The minimum absolute atomic E-state index is 0.0845. The second-order valence-electron chi connectivity index (χ2n) is 5.33. The first-order chi connectivity index (χ1) is 9.99. The Hall–Kier alpha value is -1.15. The van der Waals surface area contributed by atoms with E-state index in [-0.39, 0.29) is 11.5 Å². The van der Waals surface area contributed by atoms with Gasteiger partial charge in [-0.15, -0.1) is 0 Å². The summed E-state index contributed by atoms with van der Waals surface area (Å²) < 4.78 is 27.9. The van der Waals surface area contributed by atoms with Gasteiger partial charge in [-0.25, -0.2) is 13.6 Å². The van der Waals surface area contributed by atoms with E-state index in [1.54, 1.807) is 12.1 Å². The lowest BCUT2D eigenvalue weighted by Gasteiger charge is -2.16. The second kappa shape index (κ2) is 7.22. The molecule has 2 rings (SSSR count). The smallest absolute Gasteiger partial charge is 0.238 e. The Kier molecular flexibility index (Phi) is 5.58. The zero-order valence-electron chi connectivity index (χ0n) is 11.9. The molecular weight excluding hydrogens is 292 g/mol. The van der Waals surface area contributed by atoms with Crippen molar-refractivity contribution in [2.24, 2.45) is 11.1 Å². The fourth-order valence-electron chi connectivity index (χ4n) is 2.55. The van der Waals surface area contributed by atoms with Gasteiger partial charge < -0.3 is 9.84 Å². The van der Waals surface area contributed by atoms with Gasteiger partial charge in [0, 0.05) is 19.7 Å². The molecule has 118 valence electrons. The summed E-state index contributed by atoms with van der Waals surface area (Å²) in [6, 6.07) is 6.10. The number of hydrogen-bond donors (Lipinski definition) is 2. The summed E-state index contributed by atoms with van der Waals surface area (Å²) in [6.45, 7) is 3.69. The highest BCUT2D eigenvalue weighted by Crippen LogP contribution is 2.19. The molecule has 1 aliphatic rings. The highest BCUT2D eigenvalue weighted by atomic mass is 32.2. The molecule has 1 saturated heterocycles. The number of likely N-dealkylation sites (tertiary alicyclic amines) is 1. The van der Waals surface area contributed by atoms with Crippen LogP contribution in [0.4, 0.5) is 0 Å². The van der Waals surface area contributed by atoms with E-state index in [2.05, 4.69) is 4.90 Å². The van der Waals surface area contributed by atoms with Gasteiger partial charge in [0.1, 0.15) is 12.4 Å². The Morgan fingerprint density at radius 2 is 2.05 bits per heavy atom. The summed E-state index contributed by atoms with van der Waals surface area (Å²) in [4.78, 5) is 2.40. The number of rotatable bonds is 7. The second-order valence-corrected chi connectivity index (χ2v) is 6.89. The highest BCUT2D eigenvalue weighted by Gasteiger charge is 2.21. The van der Waals surface area contributed by atoms with E-state index < -0.39 is 10.0 Å². The number of benzene rings is 1. The number of aliphatic hydroxyl groups excluding tert-OH is 1. The lowest BCUT2D eigenvalue weighted by Crippen LogP contribution is -2.26. The van der Waals surface area contributed by atoms with Crippen molar-refractivity contribution < 1.29 is 18.3 Å². The number of hydrogen-bond acceptors (Lipinski definition) is 5. The lowest BCUT2D eigenvalue weighted by atomic mass is 10.1. The molecule has 0 spiro atoms. The lowest BCUT2D eigenvalue weighted by molar-refractivity contribution is 0.222. The van der Waals surface area contributed by atoms with Gasteiger partial charge in [0.2, 0.25) is 10.0 Å². The summed E-state index contributed by atoms with van der Waals surface area (Å²) >= 11 is 0. The van der Waals surface area contributed by atoms with Crippen LogP contribution in [-0.4, -0.2) is 51.3 Å². The number of nitrogens with zero attached hydrogens (tertiary/aromatic N) is 1. The Bertz CT molecular complexity index is 545. The van der Waals surface area contributed by atoms with Crippen LogP contribution in [0.1, 0.15) is 12.8 Å². The molecule has 0 saturated carbocycles. The first-order valence-corrected chi connectivity index (χ1v) is 8.62. The largest absolute Gasteiger partial charge is 0.492 e. The molecule has 7 heteroatoms. The van der Waals surface area contributed by atoms with E-state index in [0.717, 1.165) is 32.5 Å². The third-order valence-electron chi connectivity index (χ3n) is 3.74. The molecule has 0 bridgehead atoms. The topological polar surface area (TPSA) is 92.9 Å². The number of primary sulfonamides is 1. The highest BCUT2D eigenvalue weighted by molar-refractivity contribution is 7.89. The van der Waals surface area contributed by atoms with Crippen LogP contribution >= 0.6 is 0 Å². The summed E-state index contributed by atoms with van der Waals surface area (Å²) in [7, 11) is -3.65. The van der Waals surface area contributed by atoms with Gasteiger partial charge in [-0.2, -0.15) is 0 Å². The molecule has 0 amide bonds. The Morgan fingerprint density at radius 1 is 1.33 bits per heavy atom. The zero-order chi connectivity index (χ0) is 15.3. The van der Waals surface area contributed by atoms with Gasteiger partial charge in [0.05, 0.1) is 4.90 Å². The van der Waals surface area contributed by atoms with Crippen LogP contribution in [0.5, 0.6) is 5.75 Å². The van der Waals surface area contributed by atoms with Crippen LogP contribution in [0.2, 0.25) is 0 Å². The fourth-order valence-corrected chi connectivity index (χ4v) is 3.07. The minimum Gasteiger partial charge on any atom is -0.492 e. The van der Waals surface area contributed by atoms with Gasteiger partial charge in [-0.1, -0.05) is 0 Å². The van der Waals surface area contributed by atoms with Crippen molar-refractivity contribution in [3.63, 3.8) is 0 Å². The van der Waals surface area contributed by atoms with E-state index in [1.165, 1.54) is 12.1 Å². The van der Waals surface area contributed by atoms with Crippen molar-refractivity contribution in [3.8, 4) is 5.75 Å². The first-order valence-electron chi connectivity index (χ1n) is 7.08. The van der Waals surface area contributed by atoms with Crippen molar-refractivity contribution in [1.82, 2.24) is 4.90 Å². The number of ether oxygens (including phenoxy) is 1. The number of aliphatic hydroxyl groups is 1. The Morgan fingerprint density at radius 3 is 2.67 bits per heavy atom. The first kappa shape index (κ1) is 16.2. The molecule has 1 atom stereocenters. The van der Waals surface area contributed by atoms with Crippen molar-refractivity contribution in [2.75, 3.05) is 32.8 Å². The molecule has 1 unspecified atom stereocenters. The number of sulfonamides is 1. The summed E-state index contributed by atoms with van der Waals surface area (Å²) in [6.07, 6.45) is 2.00. The van der Waals surface area contributed by atoms with E-state index in [0.29, 0.717) is 18.3 Å². The average Bonchev–Trinajstić information content (AvgIpc) is 2.86. The fraction of sp³-hybridized carbons (Fsp3) is 0.571. The summed E-state index contributed by atoms with van der Waals surface area (Å²) in [5.41, 5.74) is 0. The molecule has 1 aromatic rings. The molecule has 1 fully saturated rings. The van der Waals surface area contributed by atoms with Crippen LogP contribution in [-0.2, 0) is 10.0 Å².